The number of carbonyl (C=O) groups is 1. The van der Waals surface area contributed by atoms with Crippen LogP contribution in [-0.4, -0.2) is 52.5 Å². The molecule has 0 aromatic carbocycles. The summed E-state index contributed by atoms with van der Waals surface area (Å²) in [5.41, 5.74) is 0.798. The van der Waals surface area contributed by atoms with Crippen LogP contribution in [0, 0.1) is 45.3 Å². The average Bonchev–Trinajstić information content (AvgIpc) is 3.10. The van der Waals surface area contributed by atoms with Gasteiger partial charge < -0.3 is 24.4 Å². The Morgan fingerprint density at radius 1 is 1.00 bits per heavy atom. The number of ether oxygens (including phenoxy) is 3. The van der Waals surface area contributed by atoms with Crippen LogP contribution < -0.4 is 0 Å². The van der Waals surface area contributed by atoms with Crippen LogP contribution in [-0.2, 0) is 19.0 Å². The van der Waals surface area contributed by atoms with Crippen molar-refractivity contribution in [3.63, 3.8) is 0 Å². The highest BCUT2D eigenvalue weighted by atomic mass is 16.7. The first kappa shape index (κ1) is 27.2. The van der Waals surface area contributed by atoms with Crippen molar-refractivity contribution in [2.75, 3.05) is 0 Å². The molecule has 0 spiro atoms. The highest BCUT2D eigenvalue weighted by molar-refractivity contribution is 5.66. The van der Waals surface area contributed by atoms with Crippen molar-refractivity contribution in [2.24, 2.45) is 45.3 Å². The van der Waals surface area contributed by atoms with E-state index in [0.717, 1.165) is 44.9 Å². The van der Waals surface area contributed by atoms with Gasteiger partial charge in [-0.3, -0.25) is 4.79 Å². The van der Waals surface area contributed by atoms with Gasteiger partial charge in [0.15, 0.2) is 6.29 Å². The van der Waals surface area contributed by atoms with Crippen LogP contribution in [0.3, 0.4) is 0 Å². The van der Waals surface area contributed by atoms with Gasteiger partial charge >= 0.3 is 5.97 Å². The number of rotatable bonds is 3. The molecule has 0 unspecified atom stereocenters. The van der Waals surface area contributed by atoms with Crippen molar-refractivity contribution in [3.8, 4) is 0 Å². The number of allylic oxidation sites excluding steroid dienone is 1. The summed E-state index contributed by atoms with van der Waals surface area (Å²) < 4.78 is 18.2. The zero-order chi connectivity index (χ0) is 27.6. The summed E-state index contributed by atoms with van der Waals surface area (Å²) in [7, 11) is 0. The Labute approximate surface area is 228 Å². The van der Waals surface area contributed by atoms with Crippen LogP contribution in [0.25, 0.3) is 0 Å². The SMILES string of the molecule is CC(=O)O[C@H]1C[C@@H]2C(C)(C)[C@H](O)CC[C@]2(C)[C@@H]2CC[C@]3(C)C(=CC[C@H]3[C@@H]3C[C@H]([C@@H]4OC4(C)C)O[C@@H]3O)[C@]12C. The molecule has 0 radical (unpaired) electrons. The molecule has 0 bridgehead atoms. The van der Waals surface area contributed by atoms with E-state index in [4.69, 9.17) is 14.2 Å². The lowest BCUT2D eigenvalue weighted by molar-refractivity contribution is -0.222. The van der Waals surface area contributed by atoms with Gasteiger partial charge in [-0.05, 0) is 92.8 Å². The van der Waals surface area contributed by atoms with E-state index >= 15 is 0 Å². The summed E-state index contributed by atoms with van der Waals surface area (Å²) in [5.74, 6) is 0.814. The van der Waals surface area contributed by atoms with Gasteiger partial charge in [0.1, 0.15) is 12.2 Å². The summed E-state index contributed by atoms with van der Waals surface area (Å²) in [6, 6.07) is 0. The van der Waals surface area contributed by atoms with Crippen LogP contribution in [0.2, 0.25) is 0 Å². The van der Waals surface area contributed by atoms with Crippen LogP contribution >= 0.6 is 0 Å². The molecule has 38 heavy (non-hydrogen) atoms. The molecule has 6 heteroatoms. The molecule has 6 rings (SSSR count). The fourth-order valence-corrected chi connectivity index (χ4v) is 11.1. The average molecular weight is 531 g/mol. The number of aliphatic hydroxyl groups is 2. The molecule has 0 amide bonds. The Morgan fingerprint density at radius 3 is 2.32 bits per heavy atom. The van der Waals surface area contributed by atoms with E-state index in [-0.39, 0.29) is 69.5 Å². The van der Waals surface area contributed by atoms with Gasteiger partial charge in [-0.2, -0.15) is 0 Å². The molecule has 6 aliphatic rings. The highest BCUT2D eigenvalue weighted by Crippen LogP contribution is 2.74. The topological polar surface area (TPSA) is 88.5 Å². The van der Waals surface area contributed by atoms with Crippen molar-refractivity contribution in [1.82, 2.24) is 0 Å². The Bertz CT molecular complexity index is 1030. The minimum atomic E-state index is -0.766. The Hall–Kier alpha value is -0.950. The van der Waals surface area contributed by atoms with E-state index in [9.17, 15) is 15.0 Å². The maximum Gasteiger partial charge on any atom is 0.302 e. The Morgan fingerprint density at radius 2 is 1.68 bits per heavy atom. The van der Waals surface area contributed by atoms with Crippen LogP contribution in [0.5, 0.6) is 0 Å². The van der Waals surface area contributed by atoms with E-state index < -0.39 is 6.29 Å². The lowest BCUT2D eigenvalue weighted by Crippen LogP contribution is -2.66. The summed E-state index contributed by atoms with van der Waals surface area (Å²) in [4.78, 5) is 12.5. The van der Waals surface area contributed by atoms with Gasteiger partial charge in [-0.15, -0.1) is 0 Å². The molecule has 4 aliphatic carbocycles. The normalized spacial score (nSPS) is 54.4. The standard InChI is InChI=1S/C32H50O6/c1-17(33)36-25-16-23-28(2,3)24(34)12-14-31(23,7)22-11-13-30(6)19(9-10-21(30)32(22,25)8)18-15-20(37-27(18)35)26-29(4,5)38-26/h10,18-20,22-27,34-35H,9,11-16H2,1-8H3/t18-,19-,20+,22-,23+,24+,25-,26-,27-,30-,31+,32-/m0/s1. The quantitative estimate of drug-likeness (QED) is 0.289. The predicted octanol–water partition coefficient (Wildman–Crippen LogP) is 5.40. The number of fused-ring (bicyclic) bond motifs is 5. The van der Waals surface area contributed by atoms with E-state index in [2.05, 4.69) is 54.5 Å². The maximum atomic E-state index is 12.5. The second-order valence-electron chi connectivity index (χ2n) is 15.6. The first-order valence-corrected chi connectivity index (χ1v) is 15.1. The molecule has 3 saturated carbocycles. The van der Waals surface area contributed by atoms with E-state index in [0.29, 0.717) is 11.8 Å². The molecule has 5 fully saturated rings. The minimum Gasteiger partial charge on any atom is -0.462 e. The van der Waals surface area contributed by atoms with Gasteiger partial charge in [-0.25, -0.2) is 0 Å². The first-order chi connectivity index (χ1) is 17.6. The number of hydrogen-bond acceptors (Lipinski definition) is 6. The van der Waals surface area contributed by atoms with Crippen molar-refractivity contribution in [1.29, 1.82) is 0 Å². The summed E-state index contributed by atoms with van der Waals surface area (Å²) in [5, 5.41) is 22.1. The molecule has 0 aromatic rings. The second-order valence-corrected chi connectivity index (χ2v) is 15.6. The Kier molecular flexibility index (Phi) is 5.95. The zero-order valence-electron chi connectivity index (χ0n) is 24.8. The van der Waals surface area contributed by atoms with Crippen LogP contribution in [0.4, 0.5) is 0 Å². The van der Waals surface area contributed by atoms with Crippen LogP contribution in [0.15, 0.2) is 11.6 Å². The molecule has 6 nitrogen and oxygen atoms in total. The molecule has 0 aromatic heterocycles. The van der Waals surface area contributed by atoms with Crippen molar-refractivity contribution < 1.29 is 29.2 Å². The molecular weight excluding hydrogens is 480 g/mol. The molecule has 2 saturated heterocycles. The number of esters is 1. The number of hydrogen-bond donors (Lipinski definition) is 2. The third-order valence-electron chi connectivity index (χ3n) is 13.1. The lowest BCUT2D eigenvalue weighted by atomic mass is 9.37. The van der Waals surface area contributed by atoms with Gasteiger partial charge in [0.05, 0.1) is 17.8 Å². The summed E-state index contributed by atoms with van der Waals surface area (Å²) >= 11 is 0. The second kappa shape index (κ2) is 8.30. The number of carbonyl (C=O) groups excluding carboxylic acids is 1. The van der Waals surface area contributed by atoms with E-state index in [1.54, 1.807) is 0 Å². The fourth-order valence-electron chi connectivity index (χ4n) is 11.1. The van der Waals surface area contributed by atoms with Crippen LogP contribution in [0.1, 0.15) is 100 Å². The maximum absolute atomic E-state index is 12.5. The Balaban J connectivity index is 1.34. The number of epoxide rings is 1. The first-order valence-electron chi connectivity index (χ1n) is 15.1. The third-order valence-corrected chi connectivity index (χ3v) is 13.1. The molecule has 2 N–H and O–H groups in total. The molecule has 214 valence electrons. The minimum absolute atomic E-state index is 0.0522. The van der Waals surface area contributed by atoms with Crippen molar-refractivity contribution in [2.45, 2.75) is 137 Å². The lowest BCUT2D eigenvalue weighted by Gasteiger charge is -2.68. The van der Waals surface area contributed by atoms with E-state index in [1.807, 2.05) is 0 Å². The van der Waals surface area contributed by atoms with Crippen molar-refractivity contribution in [3.05, 3.63) is 11.6 Å². The van der Waals surface area contributed by atoms with Gasteiger partial charge in [0, 0.05) is 18.3 Å². The van der Waals surface area contributed by atoms with Crippen molar-refractivity contribution >= 4 is 5.97 Å². The van der Waals surface area contributed by atoms with Gasteiger partial charge in [0.25, 0.3) is 0 Å². The van der Waals surface area contributed by atoms with Gasteiger partial charge in [0.2, 0.25) is 0 Å². The van der Waals surface area contributed by atoms with E-state index in [1.165, 1.54) is 12.5 Å². The highest BCUT2D eigenvalue weighted by Gasteiger charge is 2.70. The predicted molar refractivity (Wildman–Crippen MR) is 144 cm³/mol. The summed E-state index contributed by atoms with van der Waals surface area (Å²) in [6.07, 6.45) is 7.69. The molecule has 2 aliphatic heterocycles. The molecule has 2 heterocycles. The summed E-state index contributed by atoms with van der Waals surface area (Å²) in [6.45, 7) is 17.4. The smallest absolute Gasteiger partial charge is 0.302 e. The molecule has 12 atom stereocenters. The monoisotopic (exact) mass is 530 g/mol. The molecular formula is C32H50O6. The number of aliphatic hydroxyl groups excluding tert-OH is 2. The zero-order valence-corrected chi connectivity index (χ0v) is 24.8. The third kappa shape index (κ3) is 3.55. The van der Waals surface area contributed by atoms with Gasteiger partial charge in [-0.1, -0.05) is 46.3 Å². The largest absolute Gasteiger partial charge is 0.462 e. The fraction of sp³-hybridized carbons (Fsp3) is 0.906.